The van der Waals surface area contributed by atoms with E-state index in [1.54, 1.807) is 24.8 Å². The average Bonchev–Trinajstić information content (AvgIpc) is 3.32. The molecule has 32 heavy (non-hydrogen) atoms. The lowest BCUT2D eigenvalue weighted by molar-refractivity contribution is -0.137. The zero-order valence-corrected chi connectivity index (χ0v) is 18.4. The summed E-state index contributed by atoms with van der Waals surface area (Å²) in [5, 5.41) is 0. The Balaban J connectivity index is 1.57. The Hall–Kier alpha value is -2.61. The monoisotopic (exact) mass is 448 g/mol. The van der Waals surface area contributed by atoms with Crippen molar-refractivity contribution >= 4 is 6.09 Å². The van der Waals surface area contributed by atoms with E-state index in [-0.39, 0.29) is 0 Å². The number of carbonyl (C=O) groups excluding carboxylic acids is 1. The number of rotatable bonds is 5. The average molecular weight is 448 g/mol. The van der Waals surface area contributed by atoms with E-state index in [9.17, 15) is 18.0 Å². The Morgan fingerprint density at radius 1 is 1.16 bits per heavy atom. The lowest BCUT2D eigenvalue weighted by Gasteiger charge is -2.23. The smallest absolute Gasteiger partial charge is 0.416 e. The molecule has 8 heteroatoms. The molecule has 0 radical (unpaired) electrons. The van der Waals surface area contributed by atoms with Crippen molar-refractivity contribution in [2.24, 2.45) is 5.92 Å². The number of benzene rings is 1. The van der Waals surface area contributed by atoms with Crippen molar-refractivity contribution in [3.63, 3.8) is 0 Å². The van der Waals surface area contributed by atoms with Crippen molar-refractivity contribution in [1.82, 2.24) is 9.88 Å². The third-order valence-corrected chi connectivity index (χ3v) is 6.19. The van der Waals surface area contributed by atoms with Gasteiger partial charge in [0.2, 0.25) is 0 Å². The SMILES string of the molecule is Cc1cc([C@H]2OC(=O)N(Cc3cc(C)cnc3CC3CCOC3)[C@H]2C)cc(C(F)(F)F)c1. The molecule has 2 aliphatic rings. The van der Waals surface area contributed by atoms with E-state index in [4.69, 9.17) is 9.47 Å². The predicted molar refractivity (Wildman–Crippen MR) is 112 cm³/mol. The maximum atomic E-state index is 13.3. The van der Waals surface area contributed by atoms with Gasteiger partial charge in [-0.2, -0.15) is 13.2 Å². The Morgan fingerprint density at radius 3 is 2.62 bits per heavy atom. The fourth-order valence-electron chi connectivity index (χ4n) is 4.48. The summed E-state index contributed by atoms with van der Waals surface area (Å²) in [4.78, 5) is 18.9. The summed E-state index contributed by atoms with van der Waals surface area (Å²) in [6.07, 6.45) is -2.20. The zero-order chi connectivity index (χ0) is 23.0. The van der Waals surface area contributed by atoms with Gasteiger partial charge in [-0.3, -0.25) is 9.88 Å². The Labute approximate surface area is 185 Å². The summed E-state index contributed by atoms with van der Waals surface area (Å²) in [6.45, 7) is 7.10. The molecule has 4 rings (SSSR count). The van der Waals surface area contributed by atoms with Crippen LogP contribution in [-0.4, -0.2) is 35.2 Å². The van der Waals surface area contributed by atoms with Crippen LogP contribution in [0.25, 0.3) is 0 Å². The molecule has 1 unspecified atom stereocenters. The number of alkyl halides is 3. The molecule has 0 spiro atoms. The van der Waals surface area contributed by atoms with Gasteiger partial charge in [-0.25, -0.2) is 4.79 Å². The molecule has 0 bridgehead atoms. The third kappa shape index (κ3) is 4.75. The van der Waals surface area contributed by atoms with Crippen LogP contribution in [0.15, 0.2) is 30.5 Å². The van der Waals surface area contributed by atoms with Crippen LogP contribution in [0.4, 0.5) is 18.0 Å². The summed E-state index contributed by atoms with van der Waals surface area (Å²) in [5.41, 5.74) is 2.92. The second-order valence-corrected chi connectivity index (χ2v) is 8.86. The van der Waals surface area contributed by atoms with Crippen molar-refractivity contribution in [2.75, 3.05) is 13.2 Å². The second-order valence-electron chi connectivity index (χ2n) is 8.86. The number of carbonyl (C=O) groups is 1. The molecule has 1 amide bonds. The maximum absolute atomic E-state index is 13.3. The zero-order valence-electron chi connectivity index (χ0n) is 18.4. The second kappa shape index (κ2) is 8.73. The van der Waals surface area contributed by atoms with Gasteiger partial charge in [-0.1, -0.05) is 17.7 Å². The van der Waals surface area contributed by atoms with Crippen LogP contribution in [-0.2, 0) is 28.6 Å². The highest BCUT2D eigenvalue weighted by Gasteiger charge is 2.41. The molecule has 0 saturated carbocycles. The molecule has 1 aromatic carbocycles. The first-order chi connectivity index (χ1) is 15.1. The van der Waals surface area contributed by atoms with Gasteiger partial charge in [0.25, 0.3) is 0 Å². The number of hydrogen-bond acceptors (Lipinski definition) is 4. The van der Waals surface area contributed by atoms with Crippen LogP contribution < -0.4 is 0 Å². The quantitative estimate of drug-likeness (QED) is 0.617. The molecule has 0 aliphatic carbocycles. The molecule has 3 heterocycles. The van der Waals surface area contributed by atoms with E-state index < -0.39 is 30.0 Å². The van der Waals surface area contributed by atoms with Crippen molar-refractivity contribution in [2.45, 2.75) is 58.5 Å². The Bertz CT molecular complexity index is 1000. The lowest BCUT2D eigenvalue weighted by atomic mass is 9.96. The minimum absolute atomic E-state index is 0.298. The summed E-state index contributed by atoms with van der Waals surface area (Å²) in [5.74, 6) is 0.396. The van der Waals surface area contributed by atoms with Crippen LogP contribution >= 0.6 is 0 Å². The molecular weight excluding hydrogens is 421 g/mol. The Kier molecular flexibility index (Phi) is 6.16. The van der Waals surface area contributed by atoms with Gasteiger partial charge < -0.3 is 9.47 Å². The van der Waals surface area contributed by atoms with E-state index in [0.717, 1.165) is 48.4 Å². The number of nitrogens with zero attached hydrogens (tertiary/aromatic N) is 2. The number of hydrogen-bond donors (Lipinski definition) is 0. The first kappa shape index (κ1) is 22.6. The molecule has 2 aliphatic heterocycles. The highest BCUT2D eigenvalue weighted by Crippen LogP contribution is 2.38. The summed E-state index contributed by atoms with van der Waals surface area (Å²) < 4.78 is 50.9. The number of aryl methyl sites for hydroxylation is 2. The first-order valence-corrected chi connectivity index (χ1v) is 10.8. The fourth-order valence-corrected chi connectivity index (χ4v) is 4.48. The minimum atomic E-state index is -4.46. The number of aromatic nitrogens is 1. The number of pyridine rings is 1. The molecule has 5 nitrogen and oxygen atoms in total. The third-order valence-electron chi connectivity index (χ3n) is 6.19. The van der Waals surface area contributed by atoms with Crippen LogP contribution in [0.1, 0.15) is 53.0 Å². The van der Waals surface area contributed by atoms with Gasteiger partial charge in [0.15, 0.2) is 0 Å². The van der Waals surface area contributed by atoms with E-state index in [2.05, 4.69) is 4.98 Å². The van der Waals surface area contributed by atoms with Gasteiger partial charge >= 0.3 is 12.3 Å². The van der Waals surface area contributed by atoms with Crippen LogP contribution in [0.5, 0.6) is 0 Å². The van der Waals surface area contributed by atoms with Crippen molar-refractivity contribution in [1.29, 1.82) is 0 Å². The van der Waals surface area contributed by atoms with Gasteiger partial charge in [-0.05, 0) is 68.4 Å². The van der Waals surface area contributed by atoms with Gasteiger partial charge in [0, 0.05) is 25.1 Å². The highest BCUT2D eigenvalue weighted by atomic mass is 19.4. The van der Waals surface area contributed by atoms with Crippen molar-refractivity contribution in [3.05, 3.63) is 64.0 Å². The van der Waals surface area contributed by atoms with E-state index in [0.29, 0.717) is 30.2 Å². The van der Waals surface area contributed by atoms with E-state index in [1.165, 1.54) is 0 Å². The van der Waals surface area contributed by atoms with E-state index >= 15 is 0 Å². The summed E-state index contributed by atoms with van der Waals surface area (Å²) >= 11 is 0. The summed E-state index contributed by atoms with van der Waals surface area (Å²) in [7, 11) is 0. The maximum Gasteiger partial charge on any atom is 0.416 e. The highest BCUT2D eigenvalue weighted by molar-refractivity contribution is 5.71. The van der Waals surface area contributed by atoms with Gasteiger partial charge in [0.1, 0.15) is 6.10 Å². The number of ether oxygens (including phenoxy) is 2. The largest absolute Gasteiger partial charge is 0.439 e. The van der Waals surface area contributed by atoms with Crippen LogP contribution in [0, 0.1) is 19.8 Å². The standard InChI is InChI=1S/C24H27F3N2O3/c1-14-6-18(10-20(8-14)24(25,26)27)22-16(3)29(23(30)32-22)12-19-7-15(2)11-28-21(19)9-17-4-5-31-13-17/h6-8,10-11,16-17,22H,4-5,9,12-13H2,1-3H3/t16-,17?,22-/m0/s1. The lowest BCUT2D eigenvalue weighted by Crippen LogP contribution is -2.32. The molecule has 1 aromatic heterocycles. The van der Waals surface area contributed by atoms with Crippen LogP contribution in [0.3, 0.4) is 0 Å². The molecule has 172 valence electrons. The number of amides is 1. The Morgan fingerprint density at radius 2 is 1.94 bits per heavy atom. The number of halogens is 3. The minimum Gasteiger partial charge on any atom is -0.439 e. The van der Waals surface area contributed by atoms with Gasteiger partial charge in [0.05, 0.1) is 18.2 Å². The predicted octanol–water partition coefficient (Wildman–Crippen LogP) is 5.38. The van der Waals surface area contributed by atoms with Crippen molar-refractivity contribution in [3.8, 4) is 0 Å². The first-order valence-electron chi connectivity index (χ1n) is 10.8. The van der Waals surface area contributed by atoms with Crippen LogP contribution in [0.2, 0.25) is 0 Å². The fraction of sp³-hybridized carbons (Fsp3) is 0.500. The number of cyclic esters (lactones) is 1. The molecule has 2 saturated heterocycles. The van der Waals surface area contributed by atoms with Crippen molar-refractivity contribution < 1.29 is 27.4 Å². The molecular formula is C24H27F3N2O3. The summed E-state index contributed by atoms with van der Waals surface area (Å²) in [6, 6.07) is 5.41. The molecule has 2 fully saturated rings. The molecule has 3 atom stereocenters. The molecule has 0 N–H and O–H groups in total. The normalized spacial score (nSPS) is 23.6. The van der Waals surface area contributed by atoms with E-state index in [1.807, 2.05) is 19.2 Å². The van der Waals surface area contributed by atoms with Gasteiger partial charge in [-0.15, -0.1) is 0 Å². The molecule has 2 aromatic rings. The topological polar surface area (TPSA) is 51.7 Å².